The average molecular weight is 351 g/mol. The molecule has 2 aromatic heterocycles. The number of aryl methyl sites for hydroxylation is 2. The maximum Gasteiger partial charge on any atom is 0.158 e. The number of aromatic nitrogens is 2. The summed E-state index contributed by atoms with van der Waals surface area (Å²) in [7, 11) is 0. The molecule has 0 fully saturated rings. The van der Waals surface area contributed by atoms with Gasteiger partial charge in [0.2, 0.25) is 0 Å². The highest BCUT2D eigenvalue weighted by Gasteiger charge is 2.11. The predicted molar refractivity (Wildman–Crippen MR) is 94.6 cm³/mol. The summed E-state index contributed by atoms with van der Waals surface area (Å²) in [6, 6.07) is 5.40. The summed E-state index contributed by atoms with van der Waals surface area (Å²) in [5, 5.41) is 6.19. The number of hydrazone groups is 1. The van der Waals surface area contributed by atoms with Gasteiger partial charge in [-0.15, -0.1) is 11.3 Å². The van der Waals surface area contributed by atoms with Crippen LogP contribution in [0, 0.1) is 13.8 Å². The van der Waals surface area contributed by atoms with E-state index in [4.69, 9.17) is 23.2 Å². The molecule has 3 aromatic rings. The number of nitrogens with one attached hydrogen (secondary N) is 1. The van der Waals surface area contributed by atoms with Gasteiger partial charge in [0.05, 0.1) is 21.6 Å². The van der Waals surface area contributed by atoms with Crippen molar-refractivity contribution in [1.82, 2.24) is 9.97 Å². The highest BCUT2D eigenvalue weighted by Crippen LogP contribution is 2.32. The quantitative estimate of drug-likeness (QED) is 0.530. The van der Waals surface area contributed by atoms with E-state index >= 15 is 0 Å². The van der Waals surface area contributed by atoms with Gasteiger partial charge in [0.1, 0.15) is 11.2 Å². The molecule has 7 heteroatoms. The molecule has 0 aliphatic rings. The highest BCUT2D eigenvalue weighted by atomic mass is 35.5. The highest BCUT2D eigenvalue weighted by molar-refractivity contribution is 7.18. The summed E-state index contributed by atoms with van der Waals surface area (Å²) >= 11 is 13.7. The molecular formula is C15H12Cl2N4S. The Morgan fingerprint density at radius 3 is 2.86 bits per heavy atom. The second-order valence-corrected chi connectivity index (χ2v) is 6.69. The first kappa shape index (κ1) is 15.2. The number of anilines is 1. The van der Waals surface area contributed by atoms with Crippen molar-refractivity contribution in [2.75, 3.05) is 5.43 Å². The van der Waals surface area contributed by atoms with E-state index in [2.05, 4.69) is 34.3 Å². The van der Waals surface area contributed by atoms with Crippen LogP contribution in [0.15, 0.2) is 29.6 Å². The van der Waals surface area contributed by atoms with Crippen LogP contribution >= 0.6 is 34.5 Å². The molecule has 0 radical (unpaired) electrons. The molecule has 0 atom stereocenters. The molecule has 0 saturated heterocycles. The van der Waals surface area contributed by atoms with Crippen molar-refractivity contribution in [2.24, 2.45) is 5.10 Å². The topological polar surface area (TPSA) is 50.2 Å². The number of nitrogens with zero attached hydrogens (tertiary/aromatic N) is 3. The minimum absolute atomic E-state index is 0.477. The fraction of sp³-hybridized carbons (Fsp3) is 0.133. The van der Waals surface area contributed by atoms with E-state index < -0.39 is 0 Å². The van der Waals surface area contributed by atoms with Crippen LogP contribution in [0.4, 0.5) is 5.82 Å². The van der Waals surface area contributed by atoms with Crippen molar-refractivity contribution in [3.63, 3.8) is 0 Å². The van der Waals surface area contributed by atoms with Crippen molar-refractivity contribution in [1.29, 1.82) is 0 Å². The lowest BCUT2D eigenvalue weighted by molar-refractivity contribution is 1.19. The second-order valence-electron chi connectivity index (χ2n) is 4.70. The number of hydrogen-bond acceptors (Lipinski definition) is 5. The zero-order chi connectivity index (χ0) is 15.7. The third-order valence-corrected chi connectivity index (χ3v) is 5.27. The zero-order valence-corrected chi connectivity index (χ0v) is 14.2. The number of fused-ring (bicyclic) bond motifs is 1. The molecule has 1 aromatic carbocycles. The molecule has 0 saturated carbocycles. The Balaban J connectivity index is 1.91. The Morgan fingerprint density at radius 2 is 2.05 bits per heavy atom. The second kappa shape index (κ2) is 6.20. The van der Waals surface area contributed by atoms with E-state index in [0.29, 0.717) is 15.9 Å². The molecule has 2 heterocycles. The van der Waals surface area contributed by atoms with Gasteiger partial charge in [0, 0.05) is 10.4 Å². The van der Waals surface area contributed by atoms with Crippen molar-refractivity contribution in [3.8, 4) is 0 Å². The van der Waals surface area contributed by atoms with Crippen LogP contribution in [0.3, 0.4) is 0 Å². The summed E-state index contributed by atoms with van der Waals surface area (Å²) < 4.78 is 0. The molecule has 0 aliphatic carbocycles. The lowest BCUT2D eigenvalue weighted by Gasteiger charge is -2.03. The van der Waals surface area contributed by atoms with Gasteiger partial charge in [-0.1, -0.05) is 35.3 Å². The Bertz CT molecular complexity index is 873. The Labute approximate surface area is 141 Å². The first-order valence-electron chi connectivity index (χ1n) is 6.51. The van der Waals surface area contributed by atoms with Crippen LogP contribution in [0.5, 0.6) is 0 Å². The number of hydrogen-bond donors (Lipinski definition) is 1. The van der Waals surface area contributed by atoms with E-state index in [-0.39, 0.29) is 0 Å². The van der Waals surface area contributed by atoms with E-state index in [0.717, 1.165) is 15.8 Å². The zero-order valence-electron chi connectivity index (χ0n) is 11.9. The molecule has 112 valence electrons. The summed E-state index contributed by atoms with van der Waals surface area (Å²) in [6.45, 7) is 4.13. The molecule has 0 unspecified atom stereocenters. The van der Waals surface area contributed by atoms with Gasteiger partial charge in [0.25, 0.3) is 0 Å². The Hall–Kier alpha value is -1.69. The first-order chi connectivity index (χ1) is 10.6. The van der Waals surface area contributed by atoms with Gasteiger partial charge < -0.3 is 0 Å². The van der Waals surface area contributed by atoms with Crippen LogP contribution in [0.1, 0.15) is 16.0 Å². The number of thiophene rings is 1. The normalized spacial score (nSPS) is 11.5. The van der Waals surface area contributed by atoms with E-state index in [1.807, 2.05) is 12.1 Å². The third-order valence-electron chi connectivity index (χ3n) is 3.32. The lowest BCUT2D eigenvalue weighted by Crippen LogP contribution is -1.96. The minimum atomic E-state index is 0.477. The van der Waals surface area contributed by atoms with E-state index in [1.165, 1.54) is 16.8 Å². The molecule has 3 rings (SSSR count). The summed E-state index contributed by atoms with van der Waals surface area (Å²) in [4.78, 5) is 10.7. The monoisotopic (exact) mass is 350 g/mol. The molecule has 4 nitrogen and oxygen atoms in total. The molecule has 0 aliphatic heterocycles. The van der Waals surface area contributed by atoms with Gasteiger partial charge in [-0.25, -0.2) is 9.97 Å². The molecular weight excluding hydrogens is 339 g/mol. The Kier molecular flexibility index (Phi) is 4.29. The first-order valence-corrected chi connectivity index (χ1v) is 8.09. The molecule has 22 heavy (non-hydrogen) atoms. The van der Waals surface area contributed by atoms with Crippen molar-refractivity contribution in [2.45, 2.75) is 13.8 Å². The van der Waals surface area contributed by atoms with Gasteiger partial charge in [0.15, 0.2) is 5.82 Å². The maximum atomic E-state index is 6.12. The van der Waals surface area contributed by atoms with Gasteiger partial charge >= 0.3 is 0 Å². The number of benzene rings is 1. The van der Waals surface area contributed by atoms with Crippen LogP contribution in [0.25, 0.3) is 10.2 Å². The predicted octanol–water partition coefficient (Wildman–Crippen LogP) is 5.06. The maximum absolute atomic E-state index is 6.12. The van der Waals surface area contributed by atoms with E-state index in [9.17, 15) is 0 Å². The van der Waals surface area contributed by atoms with Crippen LogP contribution < -0.4 is 5.43 Å². The largest absolute Gasteiger partial charge is 0.261 e. The third kappa shape index (κ3) is 2.79. The van der Waals surface area contributed by atoms with Gasteiger partial charge in [-0.3, -0.25) is 5.43 Å². The van der Waals surface area contributed by atoms with Crippen molar-refractivity contribution >= 4 is 56.8 Å². The number of halogens is 2. The fourth-order valence-electron chi connectivity index (χ4n) is 2.05. The lowest BCUT2D eigenvalue weighted by atomic mass is 10.2. The molecule has 0 bridgehead atoms. The summed E-state index contributed by atoms with van der Waals surface area (Å²) in [5.74, 6) is 0.682. The van der Waals surface area contributed by atoms with Crippen molar-refractivity contribution < 1.29 is 0 Å². The van der Waals surface area contributed by atoms with Crippen LogP contribution in [0.2, 0.25) is 10.0 Å². The van der Waals surface area contributed by atoms with Crippen LogP contribution in [-0.4, -0.2) is 16.2 Å². The van der Waals surface area contributed by atoms with E-state index in [1.54, 1.807) is 23.6 Å². The minimum Gasteiger partial charge on any atom is -0.261 e. The standard InChI is InChI=1S/C15H12Cl2N4S/c1-8-9(2)22-15-12(8)14(18-7-19-15)21-20-6-10-4-3-5-11(16)13(10)17/h3-7H,1-2H3,(H,18,19,21)/b20-6-. The van der Waals surface area contributed by atoms with Crippen molar-refractivity contribution in [3.05, 3.63) is 50.6 Å². The number of rotatable bonds is 3. The molecule has 1 N–H and O–H groups in total. The van der Waals surface area contributed by atoms with Gasteiger partial charge in [-0.05, 0) is 25.5 Å². The summed E-state index contributed by atoms with van der Waals surface area (Å²) in [6.07, 6.45) is 3.15. The molecule has 0 amide bonds. The average Bonchev–Trinajstić information content (AvgIpc) is 2.79. The van der Waals surface area contributed by atoms with Gasteiger partial charge in [-0.2, -0.15) is 5.10 Å². The fourth-order valence-corrected chi connectivity index (χ4v) is 3.40. The molecule has 0 spiro atoms. The smallest absolute Gasteiger partial charge is 0.158 e. The summed E-state index contributed by atoms with van der Waals surface area (Å²) in [5.41, 5.74) is 4.87. The Morgan fingerprint density at radius 1 is 1.23 bits per heavy atom. The van der Waals surface area contributed by atoms with Crippen LogP contribution in [-0.2, 0) is 0 Å². The SMILES string of the molecule is Cc1sc2ncnc(N/N=C\c3cccc(Cl)c3Cl)c2c1C.